The summed E-state index contributed by atoms with van der Waals surface area (Å²) < 4.78 is 0. The van der Waals surface area contributed by atoms with Crippen molar-refractivity contribution in [1.29, 1.82) is 5.26 Å². The van der Waals surface area contributed by atoms with E-state index in [1.807, 2.05) is 24.3 Å². The van der Waals surface area contributed by atoms with E-state index < -0.39 is 0 Å². The number of carbonyl (C=O) groups excluding carboxylic acids is 1. The Kier molecular flexibility index (Phi) is 3.98. The Hall–Kier alpha value is -3.46. The lowest BCUT2D eigenvalue weighted by Crippen LogP contribution is -2.14. The van der Waals surface area contributed by atoms with Crippen LogP contribution in [0.2, 0.25) is 0 Å². The summed E-state index contributed by atoms with van der Waals surface area (Å²) in [4.78, 5) is 20.9. The zero-order valence-corrected chi connectivity index (χ0v) is 14.3. The molecule has 1 amide bonds. The molecule has 2 heterocycles. The number of nitrogens with zero attached hydrogens (tertiary/aromatic N) is 3. The summed E-state index contributed by atoms with van der Waals surface area (Å²) in [5.74, 6) is 1.33. The summed E-state index contributed by atoms with van der Waals surface area (Å²) in [6.45, 7) is 0. The molecule has 6 nitrogen and oxygen atoms in total. The number of fused-ring (bicyclic) bond motifs is 1. The molecule has 1 fully saturated rings. The number of hydrogen-bond acceptors (Lipinski definition) is 5. The van der Waals surface area contributed by atoms with Gasteiger partial charge in [0.05, 0.1) is 11.6 Å². The van der Waals surface area contributed by atoms with E-state index in [9.17, 15) is 10.1 Å². The van der Waals surface area contributed by atoms with Crippen LogP contribution < -0.4 is 10.6 Å². The van der Waals surface area contributed by atoms with Crippen molar-refractivity contribution < 1.29 is 4.79 Å². The average molecular weight is 343 g/mol. The highest BCUT2D eigenvalue weighted by atomic mass is 16.2. The van der Waals surface area contributed by atoms with Crippen LogP contribution in [0.1, 0.15) is 18.4 Å². The van der Waals surface area contributed by atoms with Crippen LogP contribution in [0.4, 0.5) is 11.6 Å². The number of pyridine rings is 2. The summed E-state index contributed by atoms with van der Waals surface area (Å²) in [5.41, 5.74) is 2.22. The van der Waals surface area contributed by atoms with Crippen LogP contribution in [0.5, 0.6) is 0 Å². The molecule has 0 unspecified atom stereocenters. The van der Waals surface area contributed by atoms with Crippen molar-refractivity contribution in [3.05, 3.63) is 48.3 Å². The minimum atomic E-state index is 0.0127. The van der Waals surface area contributed by atoms with Crippen molar-refractivity contribution in [2.75, 3.05) is 17.7 Å². The lowest BCUT2D eigenvalue weighted by molar-refractivity contribution is -0.117. The second kappa shape index (κ2) is 6.45. The number of aromatic nitrogens is 2. The predicted molar refractivity (Wildman–Crippen MR) is 101 cm³/mol. The van der Waals surface area contributed by atoms with Crippen LogP contribution in [0, 0.1) is 17.2 Å². The molecular formula is C20H17N5O. The van der Waals surface area contributed by atoms with Gasteiger partial charge in [0.1, 0.15) is 11.6 Å². The first kappa shape index (κ1) is 16.0. The number of amides is 1. The van der Waals surface area contributed by atoms with Gasteiger partial charge in [0.15, 0.2) is 0 Å². The second-order valence-corrected chi connectivity index (χ2v) is 6.31. The molecule has 6 heteroatoms. The van der Waals surface area contributed by atoms with Crippen LogP contribution in [0.15, 0.2) is 42.7 Å². The molecule has 1 aliphatic carbocycles. The van der Waals surface area contributed by atoms with Gasteiger partial charge in [0.25, 0.3) is 0 Å². The Labute approximate surface area is 150 Å². The number of nitrogens with one attached hydrogen (secondary N) is 2. The van der Waals surface area contributed by atoms with E-state index in [0.29, 0.717) is 17.2 Å². The molecule has 0 saturated heterocycles. The van der Waals surface area contributed by atoms with E-state index in [1.54, 1.807) is 25.5 Å². The molecule has 26 heavy (non-hydrogen) atoms. The van der Waals surface area contributed by atoms with Gasteiger partial charge in [0.2, 0.25) is 5.91 Å². The first-order valence-corrected chi connectivity index (χ1v) is 8.48. The fraction of sp³-hybridized carbons (Fsp3) is 0.200. The van der Waals surface area contributed by atoms with Gasteiger partial charge in [-0.3, -0.25) is 4.79 Å². The molecule has 0 radical (unpaired) electrons. The van der Waals surface area contributed by atoms with E-state index in [4.69, 9.17) is 0 Å². The molecule has 0 bridgehead atoms. The van der Waals surface area contributed by atoms with Crippen molar-refractivity contribution in [2.24, 2.45) is 5.92 Å². The zero-order valence-electron chi connectivity index (χ0n) is 14.3. The Balaban J connectivity index is 1.89. The summed E-state index contributed by atoms with van der Waals surface area (Å²) in [6, 6.07) is 11.5. The van der Waals surface area contributed by atoms with E-state index in [2.05, 4.69) is 26.7 Å². The van der Waals surface area contributed by atoms with Crippen molar-refractivity contribution in [3.63, 3.8) is 0 Å². The van der Waals surface area contributed by atoms with Crippen LogP contribution >= 0.6 is 0 Å². The third-order valence-electron chi connectivity index (χ3n) is 4.55. The summed E-state index contributed by atoms with van der Waals surface area (Å²) in [7, 11) is 1.80. The minimum Gasteiger partial charge on any atom is -0.373 e. The normalized spacial score (nSPS) is 13.2. The minimum absolute atomic E-state index is 0.0127. The van der Waals surface area contributed by atoms with Crippen molar-refractivity contribution in [1.82, 2.24) is 9.97 Å². The van der Waals surface area contributed by atoms with Crippen molar-refractivity contribution in [2.45, 2.75) is 12.8 Å². The van der Waals surface area contributed by atoms with Gasteiger partial charge in [-0.15, -0.1) is 0 Å². The molecule has 0 atom stereocenters. The zero-order chi connectivity index (χ0) is 18.1. The first-order chi connectivity index (χ1) is 12.7. The second-order valence-electron chi connectivity index (χ2n) is 6.31. The topological polar surface area (TPSA) is 90.7 Å². The van der Waals surface area contributed by atoms with Crippen molar-refractivity contribution in [3.8, 4) is 17.2 Å². The van der Waals surface area contributed by atoms with E-state index in [1.165, 1.54) is 0 Å². The van der Waals surface area contributed by atoms with Crippen LogP contribution in [-0.4, -0.2) is 22.9 Å². The van der Waals surface area contributed by atoms with E-state index in [-0.39, 0.29) is 11.8 Å². The Morgan fingerprint density at radius 2 is 1.96 bits per heavy atom. The van der Waals surface area contributed by atoms with Gasteiger partial charge in [-0.25, -0.2) is 9.97 Å². The number of carbonyl (C=O) groups is 1. The summed E-state index contributed by atoms with van der Waals surface area (Å²) in [5, 5.41) is 17.1. The SMILES string of the molecule is CNc1ncc(-c2ccccc2C#N)c2cc(NC(=O)C3CC3)ncc12. The predicted octanol–water partition coefficient (Wildman–Crippen LogP) is 3.56. The summed E-state index contributed by atoms with van der Waals surface area (Å²) >= 11 is 0. The van der Waals surface area contributed by atoms with Gasteiger partial charge >= 0.3 is 0 Å². The maximum Gasteiger partial charge on any atom is 0.228 e. The monoisotopic (exact) mass is 343 g/mol. The highest BCUT2D eigenvalue weighted by molar-refractivity contribution is 6.04. The molecule has 0 aliphatic heterocycles. The Morgan fingerprint density at radius 1 is 1.15 bits per heavy atom. The molecule has 1 aliphatic rings. The van der Waals surface area contributed by atoms with Gasteiger partial charge in [-0.05, 0) is 30.4 Å². The third kappa shape index (κ3) is 2.84. The number of hydrogen-bond donors (Lipinski definition) is 2. The molecule has 128 valence electrons. The van der Waals surface area contributed by atoms with Gasteiger partial charge in [-0.1, -0.05) is 18.2 Å². The average Bonchev–Trinajstić information content (AvgIpc) is 3.52. The highest BCUT2D eigenvalue weighted by Gasteiger charge is 2.29. The number of benzene rings is 1. The highest BCUT2D eigenvalue weighted by Crippen LogP contribution is 2.35. The standard InChI is InChI=1S/C20H17N5O/c1-22-19-17-11-23-18(25-20(26)12-6-7-12)8-15(17)16(10-24-19)14-5-3-2-4-13(14)9-21/h2-5,8,10-12H,6-7H2,1H3,(H,22,24)(H,23,25,26). The van der Waals surface area contributed by atoms with Gasteiger partial charge in [0, 0.05) is 41.9 Å². The largest absolute Gasteiger partial charge is 0.373 e. The molecule has 1 aromatic carbocycles. The van der Waals surface area contributed by atoms with Gasteiger partial charge < -0.3 is 10.6 Å². The first-order valence-electron chi connectivity index (χ1n) is 8.48. The van der Waals surface area contributed by atoms with Crippen LogP contribution in [0.3, 0.4) is 0 Å². The third-order valence-corrected chi connectivity index (χ3v) is 4.55. The van der Waals surface area contributed by atoms with Crippen molar-refractivity contribution >= 4 is 28.3 Å². The van der Waals surface area contributed by atoms with Crippen LogP contribution in [0.25, 0.3) is 21.9 Å². The Bertz CT molecular complexity index is 1050. The lowest BCUT2D eigenvalue weighted by Gasteiger charge is -2.13. The smallest absolute Gasteiger partial charge is 0.228 e. The van der Waals surface area contributed by atoms with E-state index >= 15 is 0 Å². The quantitative estimate of drug-likeness (QED) is 0.756. The summed E-state index contributed by atoms with van der Waals surface area (Å²) in [6.07, 6.45) is 5.33. The van der Waals surface area contributed by atoms with E-state index in [0.717, 1.165) is 34.7 Å². The number of rotatable bonds is 4. The number of anilines is 2. The van der Waals surface area contributed by atoms with Crippen LogP contribution in [-0.2, 0) is 4.79 Å². The molecule has 2 N–H and O–H groups in total. The Morgan fingerprint density at radius 3 is 2.69 bits per heavy atom. The molecule has 4 rings (SSSR count). The maximum atomic E-state index is 12.1. The molecule has 3 aromatic rings. The number of nitriles is 1. The molecule has 1 saturated carbocycles. The lowest BCUT2D eigenvalue weighted by atomic mass is 9.97. The fourth-order valence-corrected chi connectivity index (χ4v) is 3.01. The molecular weight excluding hydrogens is 326 g/mol. The molecule has 0 spiro atoms. The fourth-order valence-electron chi connectivity index (χ4n) is 3.01. The molecule has 2 aromatic heterocycles. The van der Waals surface area contributed by atoms with Gasteiger partial charge in [-0.2, -0.15) is 5.26 Å². The maximum absolute atomic E-state index is 12.1.